The van der Waals surface area contributed by atoms with Crippen molar-refractivity contribution in [1.29, 1.82) is 0 Å². The number of hydrogen-bond donors (Lipinski definition) is 2. The van der Waals surface area contributed by atoms with E-state index in [4.69, 9.17) is 0 Å². The van der Waals surface area contributed by atoms with E-state index in [2.05, 4.69) is 4.74 Å². The maximum atomic E-state index is 11.3. The Balaban J connectivity index is 4.42. The molecule has 0 aliphatic rings. The number of hydrogen-bond acceptors (Lipinski definition) is 4. The zero-order valence-electron chi connectivity index (χ0n) is 12.9. The Morgan fingerprint density at radius 1 is 1.37 bits per heavy atom. The number of allylic oxidation sites excluding steroid dienone is 1. The summed E-state index contributed by atoms with van der Waals surface area (Å²) in [6, 6.07) is 0. The summed E-state index contributed by atoms with van der Waals surface area (Å²) in [5.74, 6) is 0.163. The monoisotopic (exact) mass is 272 g/mol. The van der Waals surface area contributed by atoms with Gasteiger partial charge in [-0.15, -0.1) is 0 Å². The van der Waals surface area contributed by atoms with Crippen molar-refractivity contribution in [2.75, 3.05) is 7.11 Å². The van der Waals surface area contributed by atoms with Gasteiger partial charge in [0.15, 0.2) is 0 Å². The second-order valence-electron chi connectivity index (χ2n) is 5.90. The molecule has 0 aromatic rings. The summed E-state index contributed by atoms with van der Waals surface area (Å²) < 4.78 is 4.65. The van der Waals surface area contributed by atoms with Crippen LogP contribution in [0.3, 0.4) is 0 Å². The molecular weight excluding hydrogens is 244 g/mol. The van der Waals surface area contributed by atoms with Crippen LogP contribution in [0, 0.1) is 11.8 Å². The maximum absolute atomic E-state index is 11.3. The van der Waals surface area contributed by atoms with Gasteiger partial charge in [-0.25, -0.2) is 4.79 Å². The van der Waals surface area contributed by atoms with Crippen LogP contribution >= 0.6 is 0 Å². The highest BCUT2D eigenvalue weighted by Gasteiger charge is 2.29. The quantitative estimate of drug-likeness (QED) is 0.551. The summed E-state index contributed by atoms with van der Waals surface area (Å²) >= 11 is 0. The first-order valence-electron chi connectivity index (χ1n) is 6.77. The molecule has 0 aromatic carbocycles. The molecule has 0 saturated heterocycles. The van der Waals surface area contributed by atoms with Crippen LogP contribution in [-0.4, -0.2) is 35.0 Å². The SMILES string of the molecule is COC(=O)/C(C)=C/[C@H](C)C[C@@H](C)C[C@@](C)(O)[C@@H](C)O. The van der Waals surface area contributed by atoms with Crippen molar-refractivity contribution in [3.8, 4) is 0 Å². The van der Waals surface area contributed by atoms with Crippen molar-refractivity contribution >= 4 is 5.97 Å². The van der Waals surface area contributed by atoms with Gasteiger partial charge in [0.25, 0.3) is 0 Å². The molecule has 0 rings (SSSR count). The fourth-order valence-electron chi connectivity index (χ4n) is 2.32. The van der Waals surface area contributed by atoms with Crippen LogP contribution < -0.4 is 0 Å². The van der Waals surface area contributed by atoms with E-state index in [0.717, 1.165) is 6.42 Å². The number of esters is 1. The van der Waals surface area contributed by atoms with Crippen LogP contribution in [0.15, 0.2) is 11.6 Å². The number of aliphatic hydroxyl groups excluding tert-OH is 1. The van der Waals surface area contributed by atoms with Crippen LogP contribution in [0.25, 0.3) is 0 Å². The first-order chi connectivity index (χ1) is 8.60. The molecule has 112 valence electrons. The van der Waals surface area contributed by atoms with E-state index in [9.17, 15) is 15.0 Å². The van der Waals surface area contributed by atoms with Gasteiger partial charge in [-0.1, -0.05) is 19.9 Å². The summed E-state index contributed by atoms with van der Waals surface area (Å²) in [4.78, 5) is 11.3. The molecule has 0 radical (unpaired) electrons. The lowest BCUT2D eigenvalue weighted by Crippen LogP contribution is -2.38. The summed E-state index contributed by atoms with van der Waals surface area (Å²) in [7, 11) is 1.37. The van der Waals surface area contributed by atoms with Gasteiger partial charge in [-0.3, -0.25) is 0 Å². The van der Waals surface area contributed by atoms with E-state index in [0.29, 0.717) is 12.0 Å². The molecule has 0 aliphatic carbocycles. The molecule has 4 atom stereocenters. The molecule has 0 aromatic heterocycles. The van der Waals surface area contributed by atoms with Gasteiger partial charge in [-0.2, -0.15) is 0 Å². The van der Waals surface area contributed by atoms with E-state index >= 15 is 0 Å². The van der Waals surface area contributed by atoms with Crippen molar-refractivity contribution < 1.29 is 19.7 Å². The second kappa shape index (κ2) is 7.65. The summed E-state index contributed by atoms with van der Waals surface area (Å²) in [5, 5.41) is 19.5. The molecular formula is C15H28O4. The van der Waals surface area contributed by atoms with Gasteiger partial charge in [0.2, 0.25) is 0 Å². The lowest BCUT2D eigenvalue weighted by Gasteiger charge is -2.30. The molecule has 19 heavy (non-hydrogen) atoms. The number of rotatable bonds is 7. The van der Waals surface area contributed by atoms with Crippen molar-refractivity contribution in [1.82, 2.24) is 0 Å². The molecule has 0 spiro atoms. The van der Waals surface area contributed by atoms with Crippen molar-refractivity contribution in [3.63, 3.8) is 0 Å². The normalized spacial score (nSPS) is 20.3. The van der Waals surface area contributed by atoms with Gasteiger partial charge in [-0.05, 0) is 45.4 Å². The molecule has 0 unspecified atom stereocenters. The van der Waals surface area contributed by atoms with Crippen LogP contribution in [0.4, 0.5) is 0 Å². The van der Waals surface area contributed by atoms with Gasteiger partial charge >= 0.3 is 5.97 Å². The maximum Gasteiger partial charge on any atom is 0.333 e. The van der Waals surface area contributed by atoms with Crippen LogP contribution in [-0.2, 0) is 9.53 Å². The van der Waals surface area contributed by atoms with Crippen molar-refractivity contribution in [2.24, 2.45) is 11.8 Å². The third kappa shape index (κ3) is 6.73. The molecule has 4 heteroatoms. The number of aliphatic hydroxyl groups is 2. The van der Waals surface area contributed by atoms with Crippen molar-refractivity contribution in [2.45, 2.75) is 59.2 Å². The smallest absolute Gasteiger partial charge is 0.333 e. The standard InChI is InChI=1S/C15H28O4/c1-10(8-12(3)14(17)19-6)7-11(2)9-15(5,18)13(4)16/h8,10-11,13,16,18H,7,9H2,1-6H3/b12-8+/t10-,11-,13-,15-/m1/s1. The van der Waals surface area contributed by atoms with Crippen molar-refractivity contribution in [3.05, 3.63) is 11.6 Å². The predicted octanol–water partition coefficient (Wildman–Crippen LogP) is 2.29. The predicted molar refractivity (Wildman–Crippen MR) is 75.6 cm³/mol. The minimum absolute atomic E-state index is 0.221. The highest BCUT2D eigenvalue weighted by Crippen LogP contribution is 2.25. The van der Waals surface area contributed by atoms with Gasteiger partial charge in [0, 0.05) is 5.57 Å². The third-order valence-electron chi connectivity index (χ3n) is 3.48. The summed E-state index contributed by atoms with van der Waals surface area (Å²) in [6.07, 6.45) is 2.51. The van der Waals surface area contributed by atoms with Gasteiger partial charge in [0.1, 0.15) is 0 Å². The second-order valence-corrected chi connectivity index (χ2v) is 5.90. The Morgan fingerprint density at radius 3 is 2.32 bits per heavy atom. The lowest BCUT2D eigenvalue weighted by atomic mass is 9.84. The van der Waals surface area contributed by atoms with E-state index in [1.54, 1.807) is 20.8 Å². The fourth-order valence-corrected chi connectivity index (χ4v) is 2.32. The molecule has 0 bridgehead atoms. The Labute approximate surface area is 116 Å². The number of ether oxygens (including phenoxy) is 1. The minimum atomic E-state index is -1.07. The van der Waals surface area contributed by atoms with Crippen LogP contribution in [0.2, 0.25) is 0 Å². The Bertz CT molecular complexity index is 318. The molecule has 2 N–H and O–H groups in total. The average Bonchev–Trinajstić information content (AvgIpc) is 2.26. The number of methoxy groups -OCH3 is 1. The van der Waals surface area contributed by atoms with E-state index in [-0.39, 0.29) is 17.8 Å². The first-order valence-corrected chi connectivity index (χ1v) is 6.77. The number of carbonyl (C=O) groups is 1. The van der Waals surface area contributed by atoms with E-state index < -0.39 is 11.7 Å². The first kappa shape index (κ1) is 18.1. The fraction of sp³-hybridized carbons (Fsp3) is 0.800. The van der Waals surface area contributed by atoms with E-state index in [1.165, 1.54) is 7.11 Å². The lowest BCUT2D eigenvalue weighted by molar-refractivity contribution is -0.136. The van der Waals surface area contributed by atoms with Crippen LogP contribution in [0.1, 0.15) is 47.5 Å². The Morgan fingerprint density at radius 2 is 1.89 bits per heavy atom. The Hall–Kier alpha value is -0.870. The van der Waals surface area contributed by atoms with Crippen LogP contribution in [0.5, 0.6) is 0 Å². The molecule has 0 saturated carbocycles. The molecule has 0 amide bonds. The number of carbonyl (C=O) groups excluding carboxylic acids is 1. The zero-order chi connectivity index (χ0) is 15.2. The Kier molecular flexibility index (Phi) is 7.30. The highest BCUT2D eigenvalue weighted by atomic mass is 16.5. The highest BCUT2D eigenvalue weighted by molar-refractivity contribution is 5.87. The average molecular weight is 272 g/mol. The largest absolute Gasteiger partial charge is 0.466 e. The zero-order valence-corrected chi connectivity index (χ0v) is 12.9. The summed E-state index contributed by atoms with van der Waals surface area (Å²) in [6.45, 7) is 9.04. The third-order valence-corrected chi connectivity index (χ3v) is 3.48. The molecule has 0 heterocycles. The van der Waals surface area contributed by atoms with Gasteiger partial charge < -0.3 is 14.9 Å². The topological polar surface area (TPSA) is 66.8 Å². The van der Waals surface area contributed by atoms with E-state index in [1.807, 2.05) is 19.9 Å². The molecule has 0 aliphatic heterocycles. The minimum Gasteiger partial charge on any atom is -0.466 e. The molecule has 0 fully saturated rings. The summed E-state index contributed by atoms with van der Waals surface area (Å²) in [5.41, 5.74) is -0.468. The van der Waals surface area contributed by atoms with Gasteiger partial charge in [0.05, 0.1) is 18.8 Å². The molecule has 4 nitrogen and oxygen atoms in total.